The number of amides is 1. The molecule has 1 amide bonds. The fourth-order valence-electron chi connectivity index (χ4n) is 2.62. The molecule has 2 N–H and O–H groups in total. The van der Waals surface area contributed by atoms with Crippen molar-refractivity contribution < 1.29 is 14.3 Å². The maximum absolute atomic E-state index is 13.3. The molecule has 1 aromatic carbocycles. The van der Waals surface area contributed by atoms with Gasteiger partial charge in [-0.15, -0.1) is 0 Å². The molecular weight excluding hydrogens is 327 g/mol. The average Bonchev–Trinajstić information content (AvgIpc) is 2.54. The van der Waals surface area contributed by atoms with Gasteiger partial charge in [-0.1, -0.05) is 12.1 Å². The lowest BCUT2D eigenvalue weighted by Gasteiger charge is -2.33. The molecule has 0 radical (unpaired) electrons. The van der Waals surface area contributed by atoms with E-state index in [9.17, 15) is 19.1 Å². The predicted octanol–water partition coefficient (Wildman–Crippen LogP) is 1.07. The third-order valence-corrected chi connectivity index (χ3v) is 4.27. The van der Waals surface area contributed by atoms with E-state index in [1.54, 1.807) is 19.1 Å². The van der Waals surface area contributed by atoms with Crippen LogP contribution in [0.5, 0.6) is 5.75 Å². The summed E-state index contributed by atoms with van der Waals surface area (Å²) in [5.41, 5.74) is 0.212. The van der Waals surface area contributed by atoms with Crippen molar-refractivity contribution in [1.29, 1.82) is 0 Å². The fraction of sp³-hybridized carbons (Fsp3) is 0.353. The molecule has 0 unspecified atom stereocenters. The van der Waals surface area contributed by atoms with Gasteiger partial charge in [-0.2, -0.15) is 0 Å². The lowest BCUT2D eigenvalue weighted by atomic mass is 10.1. The molecule has 0 saturated carbocycles. The van der Waals surface area contributed by atoms with Gasteiger partial charge in [-0.25, -0.2) is 9.37 Å². The number of hydrogen-bond acceptors (Lipinski definition) is 5. The molecular formula is C17H19FN4O3. The number of aryl methyl sites for hydroxylation is 1. The molecule has 0 bridgehead atoms. The van der Waals surface area contributed by atoms with Crippen LogP contribution < -0.4 is 15.8 Å². The number of hydrogen-bond donors (Lipinski definition) is 2. The lowest BCUT2D eigenvalue weighted by Crippen LogP contribution is -2.42. The highest BCUT2D eigenvalue weighted by Gasteiger charge is 2.25. The molecule has 1 fully saturated rings. The Balaban J connectivity index is 1.82. The lowest BCUT2D eigenvalue weighted by molar-refractivity contribution is 0.0942. The second kappa shape index (κ2) is 6.54. The number of carbonyl (C=O) groups is 1. The van der Waals surface area contributed by atoms with Gasteiger partial charge in [0.05, 0.1) is 0 Å². The molecule has 1 aliphatic rings. The average molecular weight is 346 g/mol. The molecule has 0 spiro atoms. The zero-order chi connectivity index (χ0) is 18.1. The highest BCUT2D eigenvalue weighted by atomic mass is 19.1. The third-order valence-electron chi connectivity index (χ3n) is 4.27. The van der Waals surface area contributed by atoms with Crippen LogP contribution in [0.3, 0.4) is 0 Å². The number of rotatable bonds is 4. The van der Waals surface area contributed by atoms with E-state index in [1.165, 1.54) is 17.7 Å². The molecule has 0 aliphatic carbocycles. The maximum Gasteiger partial charge on any atom is 0.297 e. The summed E-state index contributed by atoms with van der Waals surface area (Å²) < 4.78 is 14.5. The van der Waals surface area contributed by atoms with Crippen LogP contribution in [0.25, 0.3) is 0 Å². The summed E-state index contributed by atoms with van der Waals surface area (Å²) in [7, 11) is 1.51. The van der Waals surface area contributed by atoms with Gasteiger partial charge in [0, 0.05) is 26.7 Å². The van der Waals surface area contributed by atoms with E-state index in [4.69, 9.17) is 0 Å². The summed E-state index contributed by atoms with van der Waals surface area (Å²) in [4.78, 5) is 30.5. The van der Waals surface area contributed by atoms with E-state index in [0.717, 1.165) is 19.5 Å². The molecule has 1 aliphatic heterocycles. The van der Waals surface area contributed by atoms with Gasteiger partial charge in [-0.05, 0) is 30.5 Å². The second-order valence-corrected chi connectivity index (χ2v) is 6.08. The van der Waals surface area contributed by atoms with Crippen LogP contribution in [0.4, 0.5) is 10.3 Å². The first-order valence-corrected chi connectivity index (χ1v) is 7.96. The van der Waals surface area contributed by atoms with Crippen molar-refractivity contribution in [3.05, 3.63) is 51.2 Å². The van der Waals surface area contributed by atoms with Crippen molar-refractivity contribution in [2.24, 2.45) is 7.05 Å². The molecule has 0 atom stereocenters. The fourth-order valence-corrected chi connectivity index (χ4v) is 2.62. The Bertz CT molecular complexity index is 890. The van der Waals surface area contributed by atoms with Crippen LogP contribution in [-0.4, -0.2) is 33.7 Å². The first-order valence-electron chi connectivity index (χ1n) is 7.96. The topological polar surface area (TPSA) is 87.5 Å². The van der Waals surface area contributed by atoms with Gasteiger partial charge in [0.15, 0.2) is 5.69 Å². The van der Waals surface area contributed by atoms with E-state index in [2.05, 4.69) is 10.3 Å². The van der Waals surface area contributed by atoms with E-state index < -0.39 is 17.2 Å². The van der Waals surface area contributed by atoms with Gasteiger partial charge < -0.3 is 15.3 Å². The number of nitrogens with zero attached hydrogens (tertiary/aromatic N) is 3. The SMILES string of the molecule is Cc1cc(CNC(=O)c2nc(N3CCC3)n(C)c(=O)c2O)ccc1F. The van der Waals surface area contributed by atoms with Gasteiger partial charge in [0.25, 0.3) is 11.5 Å². The molecule has 2 aromatic rings. The Kier molecular flexibility index (Phi) is 4.43. The first kappa shape index (κ1) is 16.9. The normalized spacial score (nSPS) is 13.5. The number of nitrogens with one attached hydrogen (secondary N) is 1. The summed E-state index contributed by atoms with van der Waals surface area (Å²) in [6, 6.07) is 4.51. The second-order valence-electron chi connectivity index (χ2n) is 6.08. The zero-order valence-electron chi connectivity index (χ0n) is 14.0. The largest absolute Gasteiger partial charge is 0.501 e. The Morgan fingerprint density at radius 3 is 2.72 bits per heavy atom. The van der Waals surface area contributed by atoms with Crippen molar-refractivity contribution in [3.63, 3.8) is 0 Å². The summed E-state index contributed by atoms with van der Waals surface area (Å²) >= 11 is 0. The predicted molar refractivity (Wildman–Crippen MR) is 90.3 cm³/mol. The van der Waals surface area contributed by atoms with E-state index in [1.807, 2.05) is 4.90 Å². The monoisotopic (exact) mass is 346 g/mol. The quantitative estimate of drug-likeness (QED) is 0.865. The summed E-state index contributed by atoms with van der Waals surface area (Å²) in [5, 5.41) is 12.6. The van der Waals surface area contributed by atoms with E-state index in [0.29, 0.717) is 17.1 Å². The van der Waals surface area contributed by atoms with Crippen molar-refractivity contribution >= 4 is 11.9 Å². The highest BCUT2D eigenvalue weighted by molar-refractivity contribution is 5.95. The van der Waals surface area contributed by atoms with Gasteiger partial charge in [0.2, 0.25) is 11.7 Å². The van der Waals surface area contributed by atoms with E-state index >= 15 is 0 Å². The summed E-state index contributed by atoms with van der Waals surface area (Å²) in [5.74, 6) is -1.30. The summed E-state index contributed by atoms with van der Waals surface area (Å²) in [6.45, 7) is 3.27. The number of benzene rings is 1. The molecule has 7 nitrogen and oxygen atoms in total. The minimum Gasteiger partial charge on any atom is -0.501 e. The van der Waals surface area contributed by atoms with Crippen LogP contribution in [0.2, 0.25) is 0 Å². The van der Waals surface area contributed by atoms with Crippen LogP contribution in [0.15, 0.2) is 23.0 Å². The summed E-state index contributed by atoms with van der Waals surface area (Å²) in [6.07, 6.45) is 0.988. The Labute approximate surface area is 143 Å². The van der Waals surface area contributed by atoms with Crippen LogP contribution in [-0.2, 0) is 13.6 Å². The maximum atomic E-state index is 13.3. The first-order chi connectivity index (χ1) is 11.9. The molecule has 3 rings (SSSR count). The number of anilines is 1. The van der Waals surface area contributed by atoms with Gasteiger partial charge in [0.1, 0.15) is 5.82 Å². The van der Waals surface area contributed by atoms with E-state index in [-0.39, 0.29) is 18.1 Å². The van der Waals surface area contributed by atoms with Crippen LogP contribution >= 0.6 is 0 Å². The number of aromatic nitrogens is 2. The van der Waals surface area contributed by atoms with Gasteiger partial charge >= 0.3 is 0 Å². The highest BCUT2D eigenvalue weighted by Crippen LogP contribution is 2.20. The molecule has 8 heteroatoms. The van der Waals surface area contributed by atoms with Gasteiger partial charge in [-0.3, -0.25) is 14.2 Å². The number of aromatic hydroxyl groups is 1. The van der Waals surface area contributed by atoms with Crippen molar-refractivity contribution in [3.8, 4) is 5.75 Å². The number of halogens is 1. The third kappa shape index (κ3) is 3.19. The Morgan fingerprint density at radius 2 is 2.12 bits per heavy atom. The van der Waals surface area contributed by atoms with Crippen LogP contribution in [0.1, 0.15) is 28.0 Å². The Hall–Kier alpha value is -2.90. The molecule has 1 saturated heterocycles. The molecule has 25 heavy (non-hydrogen) atoms. The molecule has 1 aromatic heterocycles. The van der Waals surface area contributed by atoms with Crippen LogP contribution in [0, 0.1) is 12.7 Å². The molecule has 2 heterocycles. The minimum absolute atomic E-state index is 0.134. The zero-order valence-corrected chi connectivity index (χ0v) is 14.0. The Morgan fingerprint density at radius 1 is 1.40 bits per heavy atom. The minimum atomic E-state index is -0.681. The van der Waals surface area contributed by atoms with Crippen molar-refractivity contribution in [1.82, 2.24) is 14.9 Å². The smallest absolute Gasteiger partial charge is 0.297 e. The molecule has 132 valence electrons. The number of carbonyl (C=O) groups excluding carboxylic acids is 1. The van der Waals surface area contributed by atoms with Crippen molar-refractivity contribution in [2.45, 2.75) is 19.9 Å². The van der Waals surface area contributed by atoms with Crippen molar-refractivity contribution in [2.75, 3.05) is 18.0 Å². The standard InChI is InChI=1S/C17H19FN4O3/c1-10-8-11(4-5-12(10)18)9-19-15(24)13-14(23)16(25)21(2)17(20-13)22-6-3-7-22/h4-5,8,23H,3,6-7,9H2,1-2H3,(H,19,24).